The van der Waals surface area contributed by atoms with E-state index in [4.69, 9.17) is 0 Å². The second-order valence-electron chi connectivity index (χ2n) is 4.30. The van der Waals surface area contributed by atoms with Crippen molar-refractivity contribution in [2.45, 2.75) is 13.3 Å². The molecule has 0 N–H and O–H groups in total. The average Bonchev–Trinajstić information content (AvgIpc) is 2.40. The Morgan fingerprint density at radius 1 is 0.947 bits per heavy atom. The normalized spacial score (nSPS) is 10.7. The molecule has 2 aromatic carbocycles. The molecule has 0 aliphatic rings. The van der Waals surface area contributed by atoms with Gasteiger partial charge in [-0.05, 0) is 29.7 Å². The molecule has 0 aromatic heterocycles. The molecular formula is C17H16OPt. The first-order valence-corrected chi connectivity index (χ1v) is 6.06. The fraction of sp³-hybridized carbons (Fsp3) is 0.118. The molecule has 19 heavy (non-hydrogen) atoms. The predicted octanol–water partition coefficient (Wildman–Crippen LogP) is 3.90. The minimum atomic E-state index is 0. The quantitative estimate of drug-likeness (QED) is 0.672. The van der Waals surface area contributed by atoms with Crippen LogP contribution in [0, 0.1) is 0 Å². The molecular weight excluding hydrogens is 415 g/mol. The third-order valence-corrected chi connectivity index (χ3v) is 2.83. The molecule has 0 spiro atoms. The van der Waals surface area contributed by atoms with Crippen molar-refractivity contribution < 1.29 is 25.9 Å². The molecule has 100 valence electrons. The molecule has 0 bridgehead atoms. The van der Waals surface area contributed by atoms with Gasteiger partial charge in [-0.3, -0.25) is 4.79 Å². The fourth-order valence-corrected chi connectivity index (χ4v) is 1.84. The summed E-state index contributed by atoms with van der Waals surface area (Å²) in [5.41, 5.74) is 3.07. The molecule has 1 nitrogen and oxygen atoms in total. The first-order chi connectivity index (χ1) is 8.75. The maximum Gasteiger partial charge on any atom is 0.156 e. The number of Topliss-reactive ketones (excluding diaryl/α,β-unsaturated/α-hetero) is 1. The fourth-order valence-electron chi connectivity index (χ4n) is 1.84. The van der Waals surface area contributed by atoms with E-state index in [2.05, 4.69) is 0 Å². The number of hydrogen-bond donors (Lipinski definition) is 0. The second-order valence-corrected chi connectivity index (χ2v) is 4.30. The molecule has 0 unspecified atom stereocenters. The molecule has 2 heteroatoms. The maximum atomic E-state index is 11.7. The van der Waals surface area contributed by atoms with Crippen LogP contribution in [0.1, 0.15) is 18.1 Å². The van der Waals surface area contributed by atoms with E-state index >= 15 is 0 Å². The summed E-state index contributed by atoms with van der Waals surface area (Å²) in [6.45, 7) is 1.62. The van der Waals surface area contributed by atoms with Gasteiger partial charge in [0.15, 0.2) is 5.78 Å². The molecule has 0 aliphatic heterocycles. The van der Waals surface area contributed by atoms with Gasteiger partial charge in [0.2, 0.25) is 0 Å². The van der Waals surface area contributed by atoms with E-state index in [1.54, 1.807) is 6.92 Å². The molecule has 0 saturated carbocycles. The number of carbonyl (C=O) groups is 1. The van der Waals surface area contributed by atoms with Crippen LogP contribution in [0.4, 0.5) is 0 Å². The van der Waals surface area contributed by atoms with Gasteiger partial charge in [0, 0.05) is 27.5 Å². The van der Waals surface area contributed by atoms with Gasteiger partial charge in [-0.2, -0.15) is 0 Å². The molecule has 0 aliphatic carbocycles. The summed E-state index contributed by atoms with van der Waals surface area (Å²) in [7, 11) is 0. The van der Waals surface area contributed by atoms with Crippen LogP contribution >= 0.6 is 0 Å². The van der Waals surface area contributed by atoms with Crippen molar-refractivity contribution in [3.63, 3.8) is 0 Å². The van der Waals surface area contributed by atoms with Crippen LogP contribution < -0.4 is 0 Å². The van der Waals surface area contributed by atoms with Crippen molar-refractivity contribution in [2.24, 2.45) is 0 Å². The molecule has 0 atom stereocenters. The largest absolute Gasteiger partial charge is 0.295 e. The molecule has 0 radical (unpaired) electrons. The van der Waals surface area contributed by atoms with Crippen molar-refractivity contribution in [3.8, 4) is 0 Å². The van der Waals surface area contributed by atoms with E-state index in [0.29, 0.717) is 6.42 Å². The summed E-state index contributed by atoms with van der Waals surface area (Å²) < 4.78 is 0. The van der Waals surface area contributed by atoms with E-state index in [1.807, 2.05) is 66.7 Å². The van der Waals surface area contributed by atoms with Crippen LogP contribution in [-0.4, -0.2) is 5.78 Å². The van der Waals surface area contributed by atoms with E-state index < -0.39 is 0 Å². The van der Waals surface area contributed by atoms with Crippen LogP contribution in [0.15, 0.2) is 66.2 Å². The van der Waals surface area contributed by atoms with Crippen LogP contribution in [-0.2, 0) is 32.3 Å². The summed E-state index contributed by atoms with van der Waals surface area (Å²) in [6.07, 6.45) is 2.65. The van der Waals surface area contributed by atoms with Crippen LogP contribution in [0.3, 0.4) is 0 Å². The Bertz CT molecular complexity index is 544. The Morgan fingerprint density at radius 2 is 1.47 bits per heavy atom. The standard InChI is InChI=1S/C17H16O.Pt/c1-14(18)17(12-15-8-4-2-5-9-15)13-16-10-6-3-7-11-16;/h2-12H,13H2,1H3;. The van der Waals surface area contributed by atoms with Gasteiger partial charge in [-0.15, -0.1) is 0 Å². The third kappa shape index (κ3) is 4.96. The SMILES string of the molecule is CC(=O)C(=Cc1ccccc1)Cc1ccccc1.[Pt]. The Hall–Kier alpha value is -1.46. The number of carbonyl (C=O) groups excluding carboxylic acids is 1. The van der Waals surface area contributed by atoms with Crippen molar-refractivity contribution in [1.82, 2.24) is 0 Å². The summed E-state index contributed by atoms with van der Waals surface area (Å²) in [6, 6.07) is 20.0. The third-order valence-electron chi connectivity index (χ3n) is 2.83. The van der Waals surface area contributed by atoms with Gasteiger partial charge in [-0.1, -0.05) is 60.7 Å². The maximum absolute atomic E-state index is 11.7. The number of ketones is 1. The van der Waals surface area contributed by atoms with Crippen LogP contribution in [0.5, 0.6) is 0 Å². The van der Waals surface area contributed by atoms with E-state index in [-0.39, 0.29) is 26.8 Å². The Kier molecular flexibility index (Phi) is 6.45. The van der Waals surface area contributed by atoms with Gasteiger partial charge in [0.05, 0.1) is 0 Å². The molecule has 0 fully saturated rings. The summed E-state index contributed by atoms with van der Waals surface area (Å²) >= 11 is 0. The van der Waals surface area contributed by atoms with Crippen molar-refractivity contribution in [1.29, 1.82) is 0 Å². The Morgan fingerprint density at radius 3 is 2.00 bits per heavy atom. The summed E-state index contributed by atoms with van der Waals surface area (Å²) in [5, 5.41) is 0. The van der Waals surface area contributed by atoms with Gasteiger partial charge >= 0.3 is 0 Å². The minimum absolute atomic E-state index is 0. The van der Waals surface area contributed by atoms with Crippen molar-refractivity contribution in [3.05, 3.63) is 77.4 Å². The summed E-state index contributed by atoms with van der Waals surface area (Å²) in [5.74, 6) is 0.128. The average molecular weight is 431 g/mol. The summed E-state index contributed by atoms with van der Waals surface area (Å²) in [4.78, 5) is 11.7. The zero-order valence-electron chi connectivity index (χ0n) is 10.8. The zero-order chi connectivity index (χ0) is 12.8. The van der Waals surface area contributed by atoms with Crippen molar-refractivity contribution in [2.75, 3.05) is 0 Å². The number of benzene rings is 2. The van der Waals surface area contributed by atoms with Gasteiger partial charge in [0.25, 0.3) is 0 Å². The number of rotatable bonds is 4. The Balaban J connectivity index is 0.00000180. The molecule has 2 rings (SSSR count). The number of allylic oxidation sites excluding steroid dienone is 1. The van der Waals surface area contributed by atoms with Gasteiger partial charge < -0.3 is 0 Å². The minimum Gasteiger partial charge on any atom is -0.295 e. The molecule has 2 aromatic rings. The predicted molar refractivity (Wildman–Crippen MR) is 75.2 cm³/mol. The number of hydrogen-bond acceptors (Lipinski definition) is 1. The first kappa shape index (κ1) is 15.6. The van der Waals surface area contributed by atoms with E-state index in [0.717, 1.165) is 16.7 Å². The second kappa shape index (κ2) is 7.86. The molecule has 0 amide bonds. The Labute approximate surface area is 128 Å². The molecule has 0 saturated heterocycles. The van der Waals surface area contributed by atoms with Crippen LogP contribution in [0.25, 0.3) is 6.08 Å². The topological polar surface area (TPSA) is 17.1 Å². The van der Waals surface area contributed by atoms with Crippen molar-refractivity contribution >= 4 is 11.9 Å². The monoisotopic (exact) mass is 431 g/mol. The molecule has 0 heterocycles. The smallest absolute Gasteiger partial charge is 0.156 e. The first-order valence-electron chi connectivity index (χ1n) is 6.06. The van der Waals surface area contributed by atoms with E-state index in [9.17, 15) is 4.79 Å². The van der Waals surface area contributed by atoms with Gasteiger partial charge in [0.1, 0.15) is 0 Å². The van der Waals surface area contributed by atoms with E-state index in [1.165, 1.54) is 0 Å². The van der Waals surface area contributed by atoms with Crippen LogP contribution in [0.2, 0.25) is 0 Å². The zero-order valence-corrected chi connectivity index (χ0v) is 13.1. The van der Waals surface area contributed by atoms with Gasteiger partial charge in [-0.25, -0.2) is 0 Å².